The first-order chi connectivity index (χ1) is 14.9. The number of nitrogen functional groups attached to an aromatic ring is 1. The second kappa shape index (κ2) is 8.28. The Labute approximate surface area is 180 Å². The van der Waals surface area contributed by atoms with Crippen molar-refractivity contribution in [3.63, 3.8) is 0 Å². The van der Waals surface area contributed by atoms with Gasteiger partial charge in [0.25, 0.3) is 5.91 Å². The summed E-state index contributed by atoms with van der Waals surface area (Å²) in [4.78, 5) is 28.6. The first-order valence-corrected chi connectivity index (χ1v) is 9.31. The molecule has 0 fully saturated rings. The lowest BCUT2D eigenvalue weighted by molar-refractivity contribution is 0.102. The van der Waals surface area contributed by atoms with Crippen molar-refractivity contribution in [3.05, 3.63) is 77.5 Å². The van der Waals surface area contributed by atoms with Crippen LogP contribution in [0.1, 0.15) is 10.4 Å². The van der Waals surface area contributed by atoms with E-state index in [4.69, 9.17) is 17.3 Å². The number of fused-ring (bicyclic) bond motifs is 1. The fourth-order valence-corrected chi connectivity index (χ4v) is 3.03. The van der Waals surface area contributed by atoms with Crippen molar-refractivity contribution in [2.75, 3.05) is 21.7 Å². The summed E-state index contributed by atoms with van der Waals surface area (Å²) in [6, 6.07) is 11.3. The Kier molecular flexibility index (Phi) is 5.37. The van der Waals surface area contributed by atoms with Gasteiger partial charge in [0.2, 0.25) is 0 Å². The molecule has 2 heterocycles. The quantitative estimate of drug-likeness (QED) is 0.382. The van der Waals surface area contributed by atoms with E-state index in [1.54, 1.807) is 36.5 Å². The van der Waals surface area contributed by atoms with Gasteiger partial charge < -0.3 is 21.7 Å². The molecule has 0 atom stereocenters. The molecule has 0 spiro atoms. The van der Waals surface area contributed by atoms with Crippen molar-refractivity contribution < 1.29 is 14.0 Å². The lowest BCUT2D eigenvalue weighted by atomic mass is 10.2. The molecule has 0 bridgehead atoms. The second-order valence-electron chi connectivity index (χ2n) is 6.40. The Hall–Kier alpha value is -4.18. The molecule has 156 valence electrons. The van der Waals surface area contributed by atoms with Crippen LogP contribution in [0.3, 0.4) is 0 Å². The minimum atomic E-state index is -0.648. The van der Waals surface area contributed by atoms with Crippen LogP contribution in [0.25, 0.3) is 5.52 Å². The summed E-state index contributed by atoms with van der Waals surface area (Å²) in [5.41, 5.74) is 7.50. The van der Waals surface area contributed by atoms with Crippen LogP contribution in [0, 0.1) is 5.82 Å². The Morgan fingerprint density at radius 2 is 1.71 bits per heavy atom. The molecule has 3 amide bonds. The van der Waals surface area contributed by atoms with E-state index >= 15 is 0 Å². The van der Waals surface area contributed by atoms with E-state index in [0.717, 1.165) is 6.07 Å². The van der Waals surface area contributed by atoms with E-state index in [0.29, 0.717) is 22.5 Å². The largest absolute Gasteiger partial charge is 0.382 e. The molecule has 0 saturated carbocycles. The number of amides is 3. The molecule has 2 aromatic heterocycles. The topological polar surface area (TPSA) is 126 Å². The average Bonchev–Trinajstić information content (AvgIpc) is 3.17. The van der Waals surface area contributed by atoms with Gasteiger partial charge in [0.1, 0.15) is 17.7 Å². The molecular formula is C20H15ClFN7O2. The molecule has 4 aromatic rings. The van der Waals surface area contributed by atoms with Gasteiger partial charge in [-0.2, -0.15) is 5.10 Å². The summed E-state index contributed by atoms with van der Waals surface area (Å²) in [5.74, 6) is -0.849. The van der Waals surface area contributed by atoms with Crippen molar-refractivity contribution in [3.8, 4) is 0 Å². The summed E-state index contributed by atoms with van der Waals surface area (Å²) in [5, 5.41) is 11.9. The van der Waals surface area contributed by atoms with Gasteiger partial charge in [-0.3, -0.25) is 4.79 Å². The minimum Gasteiger partial charge on any atom is -0.382 e. The van der Waals surface area contributed by atoms with Crippen molar-refractivity contribution in [2.24, 2.45) is 0 Å². The summed E-state index contributed by atoms with van der Waals surface area (Å²) in [7, 11) is 0. The standard InChI is InChI=1S/C20H15ClFN7O2/c21-11-1-6-16(15(22)9-11)28-20(31)27-13-4-2-12(3-5-13)26-19(30)14-7-8-29-17(14)18(23)24-10-25-29/h1-10H,(H,26,30)(H2,23,24,25)(H2,27,28,31). The molecule has 0 aliphatic heterocycles. The molecule has 0 aliphatic rings. The van der Waals surface area contributed by atoms with Gasteiger partial charge in [0.05, 0.1) is 11.3 Å². The van der Waals surface area contributed by atoms with Crippen LogP contribution in [0.4, 0.5) is 32.1 Å². The third-order valence-electron chi connectivity index (χ3n) is 4.31. The highest BCUT2D eigenvalue weighted by Gasteiger charge is 2.15. The molecule has 0 unspecified atom stereocenters. The Bertz CT molecular complexity index is 1290. The Morgan fingerprint density at radius 1 is 1.00 bits per heavy atom. The van der Waals surface area contributed by atoms with E-state index in [-0.39, 0.29) is 22.4 Å². The number of aromatic nitrogens is 3. The molecule has 2 aromatic carbocycles. The highest BCUT2D eigenvalue weighted by atomic mass is 35.5. The summed E-state index contributed by atoms with van der Waals surface area (Å²) < 4.78 is 15.2. The zero-order valence-corrected chi connectivity index (χ0v) is 16.5. The van der Waals surface area contributed by atoms with E-state index in [9.17, 15) is 14.0 Å². The predicted molar refractivity (Wildman–Crippen MR) is 116 cm³/mol. The smallest absolute Gasteiger partial charge is 0.323 e. The number of urea groups is 1. The number of hydrogen-bond acceptors (Lipinski definition) is 5. The summed E-state index contributed by atoms with van der Waals surface area (Å²) in [6.07, 6.45) is 2.91. The maximum atomic E-state index is 13.8. The van der Waals surface area contributed by atoms with Crippen LogP contribution in [0.2, 0.25) is 5.02 Å². The van der Waals surface area contributed by atoms with Crippen molar-refractivity contribution in [1.29, 1.82) is 0 Å². The van der Waals surface area contributed by atoms with E-state index < -0.39 is 11.8 Å². The van der Waals surface area contributed by atoms with E-state index in [1.165, 1.54) is 23.0 Å². The van der Waals surface area contributed by atoms with Crippen molar-refractivity contribution in [2.45, 2.75) is 0 Å². The molecule has 0 aliphatic carbocycles. The number of halogens is 2. The summed E-state index contributed by atoms with van der Waals surface area (Å²) >= 11 is 5.69. The van der Waals surface area contributed by atoms with Gasteiger partial charge >= 0.3 is 6.03 Å². The molecule has 11 heteroatoms. The van der Waals surface area contributed by atoms with Gasteiger partial charge in [-0.1, -0.05) is 11.6 Å². The third-order valence-corrected chi connectivity index (χ3v) is 4.54. The van der Waals surface area contributed by atoms with Crippen LogP contribution in [0.5, 0.6) is 0 Å². The minimum absolute atomic E-state index is 0.00571. The zero-order valence-electron chi connectivity index (χ0n) is 15.8. The van der Waals surface area contributed by atoms with Crippen LogP contribution in [-0.2, 0) is 0 Å². The molecule has 0 radical (unpaired) electrons. The van der Waals surface area contributed by atoms with Crippen molar-refractivity contribution >= 4 is 51.9 Å². The van der Waals surface area contributed by atoms with Gasteiger partial charge in [0, 0.05) is 22.6 Å². The molecular weight excluding hydrogens is 425 g/mol. The molecule has 5 N–H and O–H groups in total. The predicted octanol–water partition coefficient (Wildman–Crippen LogP) is 4.00. The van der Waals surface area contributed by atoms with Gasteiger partial charge in [0.15, 0.2) is 5.82 Å². The number of carbonyl (C=O) groups is 2. The highest BCUT2D eigenvalue weighted by Crippen LogP contribution is 2.21. The number of nitrogens with one attached hydrogen (secondary N) is 3. The Balaban J connectivity index is 1.41. The zero-order chi connectivity index (χ0) is 22.0. The van der Waals surface area contributed by atoms with Crippen molar-refractivity contribution in [1.82, 2.24) is 14.6 Å². The number of hydrogen-bond donors (Lipinski definition) is 4. The maximum absolute atomic E-state index is 13.8. The monoisotopic (exact) mass is 439 g/mol. The number of nitrogens with two attached hydrogens (primary N) is 1. The summed E-state index contributed by atoms with van der Waals surface area (Å²) in [6.45, 7) is 0. The van der Waals surface area contributed by atoms with Gasteiger partial charge in [-0.15, -0.1) is 0 Å². The lowest BCUT2D eigenvalue weighted by Crippen LogP contribution is -2.20. The van der Waals surface area contributed by atoms with E-state index in [1.807, 2.05) is 0 Å². The molecule has 31 heavy (non-hydrogen) atoms. The number of anilines is 4. The SMILES string of the molecule is Nc1ncnn2ccc(C(=O)Nc3ccc(NC(=O)Nc4ccc(Cl)cc4F)cc3)c12. The highest BCUT2D eigenvalue weighted by molar-refractivity contribution is 6.30. The van der Waals surface area contributed by atoms with Gasteiger partial charge in [-0.25, -0.2) is 18.7 Å². The maximum Gasteiger partial charge on any atom is 0.323 e. The first-order valence-electron chi connectivity index (χ1n) is 8.93. The second-order valence-corrected chi connectivity index (χ2v) is 6.84. The van der Waals surface area contributed by atoms with Gasteiger partial charge in [-0.05, 0) is 48.5 Å². The van der Waals surface area contributed by atoms with E-state index in [2.05, 4.69) is 26.0 Å². The van der Waals surface area contributed by atoms with Crippen LogP contribution >= 0.6 is 11.6 Å². The molecule has 9 nitrogen and oxygen atoms in total. The van der Waals surface area contributed by atoms with Crippen LogP contribution in [-0.4, -0.2) is 26.5 Å². The lowest BCUT2D eigenvalue weighted by Gasteiger charge is -2.10. The Morgan fingerprint density at radius 3 is 2.42 bits per heavy atom. The average molecular weight is 440 g/mol. The molecule has 0 saturated heterocycles. The third kappa shape index (κ3) is 4.38. The number of nitrogens with zero attached hydrogens (tertiary/aromatic N) is 3. The fourth-order valence-electron chi connectivity index (χ4n) is 2.87. The van der Waals surface area contributed by atoms with Crippen LogP contribution < -0.4 is 21.7 Å². The number of carbonyl (C=O) groups excluding carboxylic acids is 2. The van der Waals surface area contributed by atoms with Crippen LogP contribution in [0.15, 0.2) is 61.1 Å². The number of rotatable bonds is 4. The first kappa shape index (κ1) is 20.1. The molecule has 4 rings (SSSR count). The fraction of sp³-hybridized carbons (Fsp3) is 0. The normalized spacial score (nSPS) is 10.6. The number of benzene rings is 2.